The summed E-state index contributed by atoms with van der Waals surface area (Å²) in [7, 11) is 3.45. The Morgan fingerprint density at radius 2 is 2.07 bits per heavy atom. The van der Waals surface area contributed by atoms with E-state index in [0.29, 0.717) is 29.6 Å². The number of aromatic nitrogens is 5. The monoisotopic (exact) mass is 413 g/mol. The maximum atomic E-state index is 11.9. The van der Waals surface area contributed by atoms with Crippen molar-refractivity contribution in [3.8, 4) is 0 Å². The first-order chi connectivity index (χ1) is 14.2. The van der Waals surface area contributed by atoms with Crippen LogP contribution in [0.25, 0.3) is 11.0 Å². The smallest absolute Gasteiger partial charge is 0.358 e. The Hall–Kier alpha value is -3.27. The molecule has 0 radical (unpaired) electrons. The fourth-order valence-electron chi connectivity index (χ4n) is 2.87. The van der Waals surface area contributed by atoms with Gasteiger partial charge in [-0.2, -0.15) is 10.1 Å². The molecule has 3 aromatic heterocycles. The van der Waals surface area contributed by atoms with Crippen molar-refractivity contribution in [2.45, 2.75) is 46.4 Å². The summed E-state index contributed by atoms with van der Waals surface area (Å²) in [4.78, 5) is 27.3. The van der Waals surface area contributed by atoms with Crippen molar-refractivity contribution in [2.24, 2.45) is 0 Å². The van der Waals surface area contributed by atoms with Gasteiger partial charge in [-0.25, -0.2) is 14.8 Å². The number of aromatic carboxylic acids is 1. The predicted octanol–water partition coefficient (Wildman–Crippen LogP) is 2.85. The highest BCUT2D eigenvalue weighted by Gasteiger charge is 2.25. The van der Waals surface area contributed by atoms with E-state index in [-0.39, 0.29) is 23.4 Å². The van der Waals surface area contributed by atoms with E-state index >= 15 is 0 Å². The van der Waals surface area contributed by atoms with Gasteiger partial charge in [0, 0.05) is 26.4 Å². The van der Waals surface area contributed by atoms with Gasteiger partial charge in [-0.1, -0.05) is 0 Å². The second-order valence-electron chi connectivity index (χ2n) is 7.50. The molecule has 0 aliphatic rings. The summed E-state index contributed by atoms with van der Waals surface area (Å²) in [5, 5.41) is 17.2. The maximum Gasteiger partial charge on any atom is 0.358 e. The summed E-state index contributed by atoms with van der Waals surface area (Å²) in [6.45, 7) is 8.20. The van der Waals surface area contributed by atoms with Gasteiger partial charge in [-0.15, -0.1) is 0 Å². The van der Waals surface area contributed by atoms with Crippen molar-refractivity contribution in [2.75, 3.05) is 24.4 Å². The topological polar surface area (TPSA) is 118 Å². The second-order valence-corrected chi connectivity index (χ2v) is 7.50. The van der Waals surface area contributed by atoms with Crippen LogP contribution in [-0.2, 0) is 11.3 Å². The quantitative estimate of drug-likeness (QED) is 0.574. The minimum atomic E-state index is -1.15. The SMILES string of the molecule is CO[C@H](C)Cn1nc(C(=O)O)c2nc(N(C)C(C)C)nc(Nc3cc(C)ccn3)c21. The van der Waals surface area contributed by atoms with Crippen LogP contribution in [-0.4, -0.2) is 62.1 Å². The highest BCUT2D eigenvalue weighted by molar-refractivity contribution is 6.03. The number of nitrogens with one attached hydrogen (secondary N) is 1. The average molecular weight is 413 g/mol. The molecule has 1 atom stereocenters. The minimum absolute atomic E-state index is 0.115. The summed E-state index contributed by atoms with van der Waals surface area (Å²) in [5.74, 6) is 0.274. The van der Waals surface area contributed by atoms with Crippen LogP contribution in [0.3, 0.4) is 0 Å². The molecule has 10 nitrogen and oxygen atoms in total. The molecule has 3 heterocycles. The van der Waals surface area contributed by atoms with Gasteiger partial charge in [0.1, 0.15) is 16.9 Å². The van der Waals surface area contributed by atoms with Crippen molar-refractivity contribution in [3.63, 3.8) is 0 Å². The van der Waals surface area contributed by atoms with Crippen LogP contribution >= 0.6 is 0 Å². The number of hydrogen-bond acceptors (Lipinski definition) is 8. The normalized spacial score (nSPS) is 12.4. The van der Waals surface area contributed by atoms with Crippen molar-refractivity contribution < 1.29 is 14.6 Å². The molecule has 0 fully saturated rings. The third-order valence-electron chi connectivity index (χ3n) is 4.86. The molecular weight excluding hydrogens is 386 g/mol. The van der Waals surface area contributed by atoms with E-state index < -0.39 is 5.97 Å². The van der Waals surface area contributed by atoms with Crippen LogP contribution in [0.4, 0.5) is 17.6 Å². The number of rotatable bonds is 8. The zero-order valence-electron chi connectivity index (χ0n) is 18.0. The van der Waals surface area contributed by atoms with E-state index in [0.717, 1.165) is 5.56 Å². The van der Waals surface area contributed by atoms with Gasteiger partial charge in [0.25, 0.3) is 0 Å². The summed E-state index contributed by atoms with van der Waals surface area (Å²) < 4.78 is 6.92. The zero-order valence-corrected chi connectivity index (χ0v) is 18.0. The van der Waals surface area contributed by atoms with Crippen molar-refractivity contribution in [3.05, 3.63) is 29.6 Å². The number of methoxy groups -OCH3 is 1. The molecule has 3 aromatic rings. The molecule has 10 heteroatoms. The molecule has 0 aromatic carbocycles. The lowest BCUT2D eigenvalue weighted by atomic mass is 10.3. The first kappa shape index (κ1) is 21.4. The molecule has 3 rings (SSSR count). The number of carboxylic acids is 1. The van der Waals surface area contributed by atoms with E-state index in [2.05, 4.69) is 25.4 Å². The highest BCUT2D eigenvalue weighted by atomic mass is 16.5. The van der Waals surface area contributed by atoms with E-state index in [1.165, 1.54) is 0 Å². The van der Waals surface area contributed by atoms with Crippen LogP contribution in [0.15, 0.2) is 18.3 Å². The van der Waals surface area contributed by atoms with E-state index in [9.17, 15) is 9.90 Å². The number of aryl methyl sites for hydroxylation is 1. The third kappa shape index (κ3) is 4.33. The number of fused-ring (bicyclic) bond motifs is 1. The molecule has 0 unspecified atom stereocenters. The number of hydrogen-bond donors (Lipinski definition) is 2. The van der Waals surface area contributed by atoms with Crippen LogP contribution in [0.5, 0.6) is 0 Å². The van der Waals surface area contributed by atoms with Gasteiger partial charge < -0.3 is 20.1 Å². The molecular formula is C20H27N7O3. The Bertz CT molecular complexity index is 1060. The number of carboxylic acid groups (broad SMARTS) is 1. The summed E-state index contributed by atoms with van der Waals surface area (Å²) in [6, 6.07) is 3.89. The molecule has 0 aliphatic carbocycles. The Kier molecular flexibility index (Phi) is 6.16. The lowest BCUT2D eigenvalue weighted by molar-refractivity contribution is 0.0688. The van der Waals surface area contributed by atoms with Gasteiger partial charge in [-0.3, -0.25) is 4.68 Å². The van der Waals surface area contributed by atoms with Gasteiger partial charge in [0.05, 0.1) is 12.6 Å². The molecule has 0 aliphatic heterocycles. The first-order valence-electron chi connectivity index (χ1n) is 9.68. The van der Waals surface area contributed by atoms with Gasteiger partial charge >= 0.3 is 5.97 Å². The van der Waals surface area contributed by atoms with E-state index in [1.54, 1.807) is 18.0 Å². The molecule has 30 heavy (non-hydrogen) atoms. The number of ether oxygens (including phenoxy) is 1. The lowest BCUT2D eigenvalue weighted by Crippen LogP contribution is -2.28. The van der Waals surface area contributed by atoms with Crippen LogP contribution in [0.2, 0.25) is 0 Å². The maximum absolute atomic E-state index is 11.9. The highest BCUT2D eigenvalue weighted by Crippen LogP contribution is 2.29. The van der Waals surface area contributed by atoms with Crippen LogP contribution in [0.1, 0.15) is 36.8 Å². The Balaban J connectivity index is 2.26. The fraction of sp³-hybridized carbons (Fsp3) is 0.450. The molecule has 2 N–H and O–H groups in total. The number of anilines is 3. The first-order valence-corrected chi connectivity index (χ1v) is 9.68. The zero-order chi connectivity index (χ0) is 22.0. The van der Waals surface area contributed by atoms with Crippen molar-refractivity contribution in [1.82, 2.24) is 24.7 Å². The van der Waals surface area contributed by atoms with E-state index in [1.807, 2.05) is 51.8 Å². The Morgan fingerprint density at radius 1 is 1.33 bits per heavy atom. The molecule has 160 valence electrons. The Labute approximate surface area is 174 Å². The standard InChI is InChI=1S/C20H27N7O3/c1-11(2)26(5)20-23-15-16(19(28)29)25-27(10-13(4)30-6)17(15)18(24-20)22-14-9-12(3)7-8-21-14/h7-9,11,13H,10H2,1-6H3,(H,28,29)(H,21,22,23,24)/t13-/m1/s1. The third-order valence-corrected chi connectivity index (χ3v) is 4.86. The van der Waals surface area contributed by atoms with E-state index in [4.69, 9.17) is 4.74 Å². The average Bonchev–Trinajstić information content (AvgIpc) is 3.06. The second kappa shape index (κ2) is 8.62. The minimum Gasteiger partial charge on any atom is -0.476 e. The number of pyridine rings is 1. The van der Waals surface area contributed by atoms with Gasteiger partial charge in [-0.05, 0) is 45.4 Å². The summed E-state index contributed by atoms with van der Waals surface area (Å²) >= 11 is 0. The summed E-state index contributed by atoms with van der Waals surface area (Å²) in [6.07, 6.45) is 1.52. The largest absolute Gasteiger partial charge is 0.476 e. The fourth-order valence-corrected chi connectivity index (χ4v) is 2.87. The van der Waals surface area contributed by atoms with Crippen molar-refractivity contribution >= 4 is 34.6 Å². The molecule has 0 saturated heterocycles. The van der Waals surface area contributed by atoms with Crippen LogP contribution < -0.4 is 10.2 Å². The van der Waals surface area contributed by atoms with Crippen molar-refractivity contribution in [1.29, 1.82) is 0 Å². The number of carbonyl (C=O) groups is 1. The molecule has 0 amide bonds. The lowest BCUT2D eigenvalue weighted by Gasteiger charge is -2.22. The summed E-state index contributed by atoms with van der Waals surface area (Å²) in [5.41, 5.74) is 1.65. The molecule has 0 saturated carbocycles. The van der Waals surface area contributed by atoms with Crippen LogP contribution in [0, 0.1) is 6.92 Å². The Morgan fingerprint density at radius 3 is 2.67 bits per heavy atom. The number of nitrogens with zero attached hydrogens (tertiary/aromatic N) is 6. The predicted molar refractivity (Wildman–Crippen MR) is 115 cm³/mol. The molecule has 0 spiro atoms. The van der Waals surface area contributed by atoms with Gasteiger partial charge in [0.15, 0.2) is 11.5 Å². The van der Waals surface area contributed by atoms with Gasteiger partial charge in [0.2, 0.25) is 5.95 Å². The molecule has 0 bridgehead atoms.